The van der Waals surface area contributed by atoms with E-state index >= 15 is 0 Å². The lowest BCUT2D eigenvalue weighted by atomic mass is 9.77. The number of rotatable bonds is 9. The molecule has 0 aliphatic heterocycles. The summed E-state index contributed by atoms with van der Waals surface area (Å²) in [6.07, 6.45) is 1.18. The van der Waals surface area contributed by atoms with E-state index in [0.29, 0.717) is 19.6 Å². The van der Waals surface area contributed by atoms with Gasteiger partial charge < -0.3 is 15.2 Å². The van der Waals surface area contributed by atoms with E-state index in [2.05, 4.69) is 0 Å². The maximum absolute atomic E-state index is 14.1. The Balaban J connectivity index is 3.07. The Morgan fingerprint density at radius 3 is 2.57 bits per heavy atom. The van der Waals surface area contributed by atoms with Crippen LogP contribution in [0.15, 0.2) is 24.3 Å². The highest BCUT2D eigenvalue weighted by molar-refractivity contribution is 5.83. The number of carbonyl (C=O) groups excluding carboxylic acids is 1. The van der Waals surface area contributed by atoms with E-state index < -0.39 is 17.2 Å². The molecule has 1 aromatic rings. The molecule has 0 saturated carbocycles. The van der Waals surface area contributed by atoms with E-state index in [1.54, 1.807) is 25.1 Å². The first-order valence-electron chi connectivity index (χ1n) is 7.32. The van der Waals surface area contributed by atoms with Crippen LogP contribution in [0.1, 0.15) is 32.3 Å². The molecule has 1 aromatic carbocycles. The van der Waals surface area contributed by atoms with Crippen LogP contribution in [-0.4, -0.2) is 32.3 Å². The summed E-state index contributed by atoms with van der Waals surface area (Å²) in [5.41, 5.74) is 4.90. The summed E-state index contributed by atoms with van der Waals surface area (Å²) in [6, 6.07) is 6.18. The molecule has 0 spiro atoms. The average Bonchev–Trinajstić information content (AvgIpc) is 2.49. The second-order valence-corrected chi connectivity index (χ2v) is 4.85. The third kappa shape index (κ3) is 4.25. The van der Waals surface area contributed by atoms with Crippen LogP contribution in [0, 0.1) is 5.82 Å². The summed E-state index contributed by atoms with van der Waals surface area (Å²) >= 11 is 0. The lowest BCUT2D eigenvalue weighted by Crippen LogP contribution is -2.46. The van der Waals surface area contributed by atoms with Gasteiger partial charge in [-0.3, -0.25) is 4.79 Å². The Hall–Kier alpha value is -1.46. The number of hydrogen-bond donors (Lipinski definition) is 1. The summed E-state index contributed by atoms with van der Waals surface area (Å²) in [7, 11) is 0. The molecule has 0 amide bonds. The van der Waals surface area contributed by atoms with Gasteiger partial charge in [-0.15, -0.1) is 0 Å². The number of halogens is 1. The van der Waals surface area contributed by atoms with Gasteiger partial charge >= 0.3 is 5.97 Å². The van der Waals surface area contributed by atoms with E-state index in [1.165, 1.54) is 6.07 Å². The van der Waals surface area contributed by atoms with Crippen LogP contribution in [0.5, 0.6) is 0 Å². The Morgan fingerprint density at radius 2 is 2.00 bits per heavy atom. The van der Waals surface area contributed by atoms with Crippen molar-refractivity contribution in [2.45, 2.75) is 32.1 Å². The van der Waals surface area contributed by atoms with Crippen molar-refractivity contribution in [3.63, 3.8) is 0 Å². The van der Waals surface area contributed by atoms with E-state index in [1.807, 2.05) is 6.92 Å². The lowest BCUT2D eigenvalue weighted by molar-refractivity contribution is -0.150. The van der Waals surface area contributed by atoms with Gasteiger partial charge in [-0.05, 0) is 25.8 Å². The van der Waals surface area contributed by atoms with E-state index in [0.717, 1.165) is 6.42 Å². The number of carbonyl (C=O) groups is 1. The van der Waals surface area contributed by atoms with Crippen LogP contribution in [0.2, 0.25) is 0 Å². The third-order valence-electron chi connectivity index (χ3n) is 3.43. The first-order chi connectivity index (χ1) is 10.1. The number of benzene rings is 1. The zero-order chi connectivity index (χ0) is 15.7. The number of ether oxygens (including phenoxy) is 2. The van der Waals surface area contributed by atoms with Gasteiger partial charge in [0.05, 0.1) is 6.61 Å². The second-order valence-electron chi connectivity index (χ2n) is 4.85. The minimum atomic E-state index is -1.20. The molecule has 2 N–H and O–H groups in total. The molecule has 0 aromatic heterocycles. The van der Waals surface area contributed by atoms with Gasteiger partial charge in [0.1, 0.15) is 11.2 Å². The Morgan fingerprint density at radius 1 is 1.29 bits per heavy atom. The van der Waals surface area contributed by atoms with Crippen molar-refractivity contribution in [2.75, 3.05) is 26.4 Å². The fourth-order valence-corrected chi connectivity index (χ4v) is 2.25. The SMILES string of the molecule is CCCOCCC(CN)(C(=O)OCC)c1ccccc1F. The predicted octanol–water partition coefficient (Wildman–Crippen LogP) is 2.40. The molecule has 0 aliphatic carbocycles. The molecule has 1 unspecified atom stereocenters. The van der Waals surface area contributed by atoms with Gasteiger partial charge in [0, 0.05) is 25.3 Å². The van der Waals surface area contributed by atoms with Crippen molar-refractivity contribution in [3.8, 4) is 0 Å². The zero-order valence-corrected chi connectivity index (χ0v) is 12.7. The van der Waals surface area contributed by atoms with Crippen molar-refractivity contribution in [1.82, 2.24) is 0 Å². The van der Waals surface area contributed by atoms with Gasteiger partial charge in [0.15, 0.2) is 0 Å². The zero-order valence-electron chi connectivity index (χ0n) is 12.7. The van der Waals surface area contributed by atoms with Crippen LogP contribution in [0.25, 0.3) is 0 Å². The van der Waals surface area contributed by atoms with Gasteiger partial charge in [-0.2, -0.15) is 0 Å². The molecule has 0 bridgehead atoms. The third-order valence-corrected chi connectivity index (χ3v) is 3.43. The predicted molar refractivity (Wildman–Crippen MR) is 79.5 cm³/mol. The molecule has 0 heterocycles. The molecule has 4 nitrogen and oxygen atoms in total. The van der Waals surface area contributed by atoms with Crippen molar-refractivity contribution in [1.29, 1.82) is 0 Å². The van der Waals surface area contributed by atoms with Crippen molar-refractivity contribution in [2.24, 2.45) is 5.73 Å². The van der Waals surface area contributed by atoms with E-state index in [-0.39, 0.29) is 18.7 Å². The minimum absolute atomic E-state index is 0.0255. The van der Waals surface area contributed by atoms with Gasteiger partial charge in [0.2, 0.25) is 0 Å². The van der Waals surface area contributed by atoms with Crippen LogP contribution < -0.4 is 5.73 Å². The average molecular weight is 297 g/mol. The summed E-state index contributed by atoms with van der Waals surface area (Å²) in [4.78, 5) is 12.4. The van der Waals surface area contributed by atoms with Crippen LogP contribution in [0.4, 0.5) is 4.39 Å². The Kier molecular flexibility index (Phi) is 7.32. The van der Waals surface area contributed by atoms with Crippen LogP contribution in [0.3, 0.4) is 0 Å². The molecule has 118 valence electrons. The summed E-state index contributed by atoms with van der Waals surface area (Å²) in [6.45, 7) is 4.85. The molecule has 0 aliphatic rings. The summed E-state index contributed by atoms with van der Waals surface area (Å²) in [5.74, 6) is -0.954. The topological polar surface area (TPSA) is 61.5 Å². The Bertz CT molecular complexity index is 453. The van der Waals surface area contributed by atoms with Crippen molar-refractivity contribution >= 4 is 5.97 Å². The number of nitrogens with two attached hydrogens (primary N) is 1. The summed E-state index contributed by atoms with van der Waals surface area (Å²) < 4.78 is 24.7. The molecule has 1 rings (SSSR count). The first kappa shape index (κ1) is 17.6. The number of hydrogen-bond acceptors (Lipinski definition) is 4. The highest BCUT2D eigenvalue weighted by Crippen LogP contribution is 2.31. The highest BCUT2D eigenvalue weighted by atomic mass is 19.1. The molecule has 0 fully saturated rings. The molecule has 5 heteroatoms. The Labute approximate surface area is 125 Å². The fourth-order valence-electron chi connectivity index (χ4n) is 2.25. The van der Waals surface area contributed by atoms with Crippen molar-refractivity contribution in [3.05, 3.63) is 35.6 Å². The van der Waals surface area contributed by atoms with Gasteiger partial charge in [-0.1, -0.05) is 25.1 Å². The van der Waals surface area contributed by atoms with Crippen LogP contribution in [-0.2, 0) is 19.7 Å². The monoisotopic (exact) mass is 297 g/mol. The normalized spacial score (nSPS) is 13.7. The molecule has 0 radical (unpaired) electrons. The lowest BCUT2D eigenvalue weighted by Gasteiger charge is -2.30. The standard InChI is InChI=1S/C16H24FNO3/c1-3-10-20-11-9-16(12-18,15(19)21-4-2)13-7-5-6-8-14(13)17/h5-8H,3-4,9-12,18H2,1-2H3. The maximum Gasteiger partial charge on any atom is 0.318 e. The van der Waals surface area contributed by atoms with Gasteiger partial charge in [-0.25, -0.2) is 4.39 Å². The van der Waals surface area contributed by atoms with Crippen LogP contribution >= 0.6 is 0 Å². The van der Waals surface area contributed by atoms with E-state index in [4.69, 9.17) is 15.2 Å². The second kappa shape index (κ2) is 8.74. The molecule has 21 heavy (non-hydrogen) atoms. The molecular formula is C16H24FNO3. The summed E-state index contributed by atoms with van der Waals surface area (Å²) in [5, 5.41) is 0. The smallest absolute Gasteiger partial charge is 0.318 e. The fraction of sp³-hybridized carbons (Fsp3) is 0.562. The number of esters is 1. The largest absolute Gasteiger partial charge is 0.465 e. The first-order valence-corrected chi connectivity index (χ1v) is 7.32. The molecule has 1 atom stereocenters. The maximum atomic E-state index is 14.1. The highest BCUT2D eigenvalue weighted by Gasteiger charge is 2.42. The quantitative estimate of drug-likeness (QED) is 0.561. The van der Waals surface area contributed by atoms with Gasteiger partial charge in [0.25, 0.3) is 0 Å². The minimum Gasteiger partial charge on any atom is -0.465 e. The molecular weight excluding hydrogens is 273 g/mol. The molecule has 0 saturated heterocycles. The van der Waals surface area contributed by atoms with E-state index in [9.17, 15) is 9.18 Å². The van der Waals surface area contributed by atoms with Crippen molar-refractivity contribution < 1.29 is 18.7 Å².